The number of hydrogen-bond acceptors (Lipinski definition) is 4. The molecule has 0 heterocycles. The van der Waals surface area contributed by atoms with Crippen LogP contribution in [-0.2, 0) is 9.53 Å². The maximum atomic E-state index is 13.1. The predicted octanol–water partition coefficient (Wildman–Crippen LogP) is 2.74. The first kappa shape index (κ1) is 18.6. The molecule has 2 rings (SSSR count). The van der Waals surface area contributed by atoms with Crippen molar-refractivity contribution in [3.63, 3.8) is 0 Å². The molecular formula is C17H14BrFN2O4. The molecule has 25 heavy (non-hydrogen) atoms. The third-order valence-corrected chi connectivity index (χ3v) is 3.86. The Kier molecular flexibility index (Phi) is 6.24. The average Bonchev–Trinajstić information content (AvgIpc) is 2.59. The molecule has 2 aromatic carbocycles. The SMILES string of the molecule is COC(=O)CNC(=O)c1ccc(NC(=O)c2ccc(F)cc2Br)cc1. The third-order valence-electron chi connectivity index (χ3n) is 3.20. The molecule has 2 aromatic rings. The Bertz CT molecular complexity index is 809. The third kappa shape index (κ3) is 5.12. The van der Waals surface area contributed by atoms with Gasteiger partial charge >= 0.3 is 5.97 Å². The second-order valence-corrected chi connectivity index (χ2v) is 5.77. The lowest BCUT2D eigenvalue weighted by atomic mass is 10.1. The minimum Gasteiger partial charge on any atom is -0.468 e. The molecule has 0 aliphatic carbocycles. The van der Waals surface area contributed by atoms with Crippen molar-refractivity contribution in [2.24, 2.45) is 0 Å². The highest BCUT2D eigenvalue weighted by molar-refractivity contribution is 9.10. The van der Waals surface area contributed by atoms with Crippen molar-refractivity contribution in [3.05, 3.63) is 63.9 Å². The summed E-state index contributed by atoms with van der Waals surface area (Å²) in [6.07, 6.45) is 0. The van der Waals surface area contributed by atoms with Crippen molar-refractivity contribution in [2.45, 2.75) is 0 Å². The first-order chi connectivity index (χ1) is 11.9. The molecular weight excluding hydrogens is 395 g/mol. The normalized spacial score (nSPS) is 10.0. The maximum Gasteiger partial charge on any atom is 0.325 e. The van der Waals surface area contributed by atoms with Crippen LogP contribution in [-0.4, -0.2) is 31.4 Å². The minimum atomic E-state index is -0.554. The van der Waals surface area contributed by atoms with Crippen LogP contribution in [0.5, 0.6) is 0 Å². The van der Waals surface area contributed by atoms with Crippen LogP contribution in [0, 0.1) is 5.82 Å². The fourth-order valence-electron chi connectivity index (χ4n) is 1.90. The number of carbonyl (C=O) groups is 3. The predicted molar refractivity (Wildman–Crippen MR) is 92.8 cm³/mol. The quantitative estimate of drug-likeness (QED) is 0.744. The van der Waals surface area contributed by atoms with Crippen molar-refractivity contribution in [3.8, 4) is 0 Å². The number of ether oxygens (including phenoxy) is 1. The summed E-state index contributed by atoms with van der Waals surface area (Å²) in [6, 6.07) is 9.84. The molecule has 2 amide bonds. The zero-order valence-corrected chi connectivity index (χ0v) is 14.7. The number of methoxy groups -OCH3 is 1. The number of hydrogen-bond donors (Lipinski definition) is 2. The van der Waals surface area contributed by atoms with E-state index in [0.717, 1.165) is 0 Å². The van der Waals surface area contributed by atoms with E-state index in [1.165, 1.54) is 37.4 Å². The topological polar surface area (TPSA) is 84.5 Å². The number of nitrogens with one attached hydrogen (secondary N) is 2. The second-order valence-electron chi connectivity index (χ2n) is 4.91. The standard InChI is InChI=1S/C17H14BrFN2O4/c1-25-15(22)9-20-16(23)10-2-5-12(6-3-10)21-17(24)13-7-4-11(19)8-14(13)18/h2-8H,9H2,1H3,(H,20,23)(H,21,24). The molecule has 0 radical (unpaired) electrons. The number of benzene rings is 2. The highest BCUT2D eigenvalue weighted by Gasteiger charge is 2.12. The molecule has 0 bridgehead atoms. The van der Waals surface area contributed by atoms with Crippen LogP contribution in [0.3, 0.4) is 0 Å². The lowest BCUT2D eigenvalue weighted by Gasteiger charge is -2.08. The monoisotopic (exact) mass is 408 g/mol. The van der Waals surface area contributed by atoms with Gasteiger partial charge in [0.2, 0.25) is 0 Å². The van der Waals surface area contributed by atoms with Gasteiger partial charge in [0.25, 0.3) is 11.8 Å². The number of anilines is 1. The van der Waals surface area contributed by atoms with E-state index in [-0.39, 0.29) is 12.1 Å². The van der Waals surface area contributed by atoms with Crippen molar-refractivity contribution in [1.82, 2.24) is 5.32 Å². The molecule has 0 saturated heterocycles. The zero-order valence-electron chi connectivity index (χ0n) is 13.1. The first-order valence-corrected chi connectivity index (χ1v) is 7.91. The zero-order chi connectivity index (χ0) is 18.4. The summed E-state index contributed by atoms with van der Waals surface area (Å²) in [5.41, 5.74) is 1.07. The summed E-state index contributed by atoms with van der Waals surface area (Å²) >= 11 is 3.14. The van der Waals surface area contributed by atoms with Gasteiger partial charge in [-0.3, -0.25) is 14.4 Å². The largest absolute Gasteiger partial charge is 0.468 e. The lowest BCUT2D eigenvalue weighted by molar-refractivity contribution is -0.139. The van der Waals surface area contributed by atoms with E-state index in [1.807, 2.05) is 0 Å². The van der Waals surface area contributed by atoms with Gasteiger partial charge in [0.1, 0.15) is 12.4 Å². The van der Waals surface area contributed by atoms with Crippen molar-refractivity contribution < 1.29 is 23.5 Å². The van der Waals surface area contributed by atoms with E-state index in [9.17, 15) is 18.8 Å². The van der Waals surface area contributed by atoms with E-state index in [2.05, 4.69) is 31.3 Å². The van der Waals surface area contributed by atoms with Crippen LogP contribution in [0.4, 0.5) is 10.1 Å². The molecule has 0 fully saturated rings. The van der Waals surface area contributed by atoms with Crippen LogP contribution in [0.2, 0.25) is 0 Å². The van der Waals surface area contributed by atoms with Gasteiger partial charge in [0.05, 0.1) is 12.7 Å². The Morgan fingerprint density at radius 3 is 2.36 bits per heavy atom. The van der Waals surface area contributed by atoms with Gasteiger partial charge in [-0.05, 0) is 58.4 Å². The molecule has 0 atom stereocenters. The molecule has 6 nitrogen and oxygen atoms in total. The van der Waals surface area contributed by atoms with Gasteiger partial charge in [-0.25, -0.2) is 4.39 Å². The fourth-order valence-corrected chi connectivity index (χ4v) is 2.43. The molecule has 0 spiro atoms. The minimum absolute atomic E-state index is 0.230. The van der Waals surface area contributed by atoms with Crippen molar-refractivity contribution >= 4 is 39.4 Å². The van der Waals surface area contributed by atoms with Gasteiger partial charge in [0.15, 0.2) is 0 Å². The highest BCUT2D eigenvalue weighted by atomic mass is 79.9. The van der Waals surface area contributed by atoms with Crippen LogP contribution in [0.1, 0.15) is 20.7 Å². The van der Waals surface area contributed by atoms with Crippen molar-refractivity contribution in [1.29, 1.82) is 0 Å². The molecule has 130 valence electrons. The van der Waals surface area contributed by atoms with E-state index in [1.54, 1.807) is 12.1 Å². The Morgan fingerprint density at radius 2 is 1.76 bits per heavy atom. The molecule has 0 unspecified atom stereocenters. The summed E-state index contributed by atoms with van der Waals surface area (Å²) in [5, 5.41) is 5.05. The van der Waals surface area contributed by atoms with Gasteiger partial charge in [0, 0.05) is 15.7 Å². The molecule has 0 aliphatic heterocycles. The van der Waals surface area contributed by atoms with Crippen molar-refractivity contribution in [2.75, 3.05) is 19.0 Å². The number of carbonyl (C=O) groups excluding carboxylic acids is 3. The highest BCUT2D eigenvalue weighted by Crippen LogP contribution is 2.20. The fraction of sp³-hybridized carbons (Fsp3) is 0.118. The molecule has 0 aliphatic rings. The second kappa shape index (κ2) is 8.39. The molecule has 0 aromatic heterocycles. The molecule has 2 N–H and O–H groups in total. The summed E-state index contributed by atoms with van der Waals surface area (Å²) < 4.78 is 17.8. The van der Waals surface area contributed by atoms with E-state index in [4.69, 9.17) is 0 Å². The van der Waals surface area contributed by atoms with Crippen LogP contribution in [0.25, 0.3) is 0 Å². The summed E-state index contributed by atoms with van der Waals surface area (Å²) in [6.45, 7) is -0.230. The Morgan fingerprint density at radius 1 is 1.08 bits per heavy atom. The number of esters is 1. The molecule has 0 saturated carbocycles. The van der Waals surface area contributed by atoms with Crippen LogP contribution in [0.15, 0.2) is 46.9 Å². The Labute approximate surface area is 151 Å². The summed E-state index contributed by atoms with van der Waals surface area (Å²) in [4.78, 5) is 35.0. The Hall–Kier alpha value is -2.74. The number of halogens is 2. The molecule has 8 heteroatoms. The van der Waals surface area contributed by atoms with E-state index >= 15 is 0 Å². The average molecular weight is 409 g/mol. The van der Waals surface area contributed by atoms with E-state index in [0.29, 0.717) is 15.7 Å². The van der Waals surface area contributed by atoms with Gasteiger partial charge in [-0.15, -0.1) is 0 Å². The van der Waals surface area contributed by atoms with Crippen LogP contribution >= 0.6 is 15.9 Å². The smallest absolute Gasteiger partial charge is 0.325 e. The van der Waals surface area contributed by atoms with E-state index < -0.39 is 23.6 Å². The maximum absolute atomic E-state index is 13.1. The summed E-state index contributed by atoms with van der Waals surface area (Å²) in [7, 11) is 1.23. The van der Waals surface area contributed by atoms with Gasteiger partial charge < -0.3 is 15.4 Å². The van der Waals surface area contributed by atoms with Crippen LogP contribution < -0.4 is 10.6 Å². The van der Waals surface area contributed by atoms with Gasteiger partial charge in [-0.1, -0.05) is 0 Å². The van der Waals surface area contributed by atoms with Gasteiger partial charge in [-0.2, -0.15) is 0 Å². The Balaban J connectivity index is 2.01. The summed E-state index contributed by atoms with van der Waals surface area (Å²) in [5.74, 6) is -1.87. The number of amides is 2. The number of rotatable bonds is 5. The lowest BCUT2D eigenvalue weighted by Crippen LogP contribution is -2.30. The first-order valence-electron chi connectivity index (χ1n) is 7.12.